The van der Waals surface area contributed by atoms with E-state index in [4.69, 9.17) is 4.42 Å². The van der Waals surface area contributed by atoms with Gasteiger partial charge in [0.15, 0.2) is 5.03 Å². The highest BCUT2D eigenvalue weighted by Crippen LogP contribution is 2.12. The molecular weight excluding hydrogens is 246 g/mol. The molecule has 0 fully saturated rings. The van der Waals surface area contributed by atoms with Crippen LogP contribution in [0.2, 0.25) is 0 Å². The fourth-order valence-corrected chi connectivity index (χ4v) is 2.03. The number of imidazole rings is 1. The Bertz CT molecular complexity index is 615. The first-order chi connectivity index (χ1) is 8.01. The zero-order valence-electron chi connectivity index (χ0n) is 9.26. The number of aromatic amines is 1. The van der Waals surface area contributed by atoms with Crippen molar-refractivity contribution in [2.75, 3.05) is 4.72 Å². The average molecular weight is 257 g/mol. The first-order valence-corrected chi connectivity index (χ1v) is 6.36. The van der Waals surface area contributed by atoms with Gasteiger partial charge in [-0.3, -0.25) is 0 Å². The van der Waals surface area contributed by atoms with Gasteiger partial charge in [0.25, 0.3) is 10.0 Å². The molecule has 92 valence electrons. The normalized spacial score (nSPS) is 11.6. The predicted molar refractivity (Wildman–Crippen MR) is 57.8 cm³/mol. The van der Waals surface area contributed by atoms with Gasteiger partial charge in [-0.05, 0) is 0 Å². The highest BCUT2D eigenvalue weighted by atomic mass is 32.2. The van der Waals surface area contributed by atoms with Crippen molar-refractivity contribution in [2.45, 2.75) is 25.3 Å². The molecule has 2 heterocycles. The molecule has 2 rings (SSSR count). The van der Waals surface area contributed by atoms with Crippen LogP contribution in [0.1, 0.15) is 18.6 Å². The summed E-state index contributed by atoms with van der Waals surface area (Å²) in [6, 6.07) is -0.171. The molecule has 0 spiro atoms. The summed E-state index contributed by atoms with van der Waals surface area (Å²) in [5, 5.41) is 7.02. The minimum absolute atomic E-state index is 0.0368. The van der Waals surface area contributed by atoms with E-state index in [1.807, 2.05) is 6.92 Å². The van der Waals surface area contributed by atoms with Crippen molar-refractivity contribution in [1.82, 2.24) is 20.2 Å². The van der Waals surface area contributed by atoms with E-state index in [0.717, 1.165) is 0 Å². The molecule has 17 heavy (non-hydrogen) atoms. The van der Waals surface area contributed by atoms with Crippen molar-refractivity contribution >= 4 is 16.0 Å². The first-order valence-electron chi connectivity index (χ1n) is 4.88. The number of aryl methyl sites for hydroxylation is 2. The van der Waals surface area contributed by atoms with Gasteiger partial charge >= 0.3 is 6.01 Å². The number of hydrogen-bond acceptors (Lipinski definition) is 6. The molecule has 0 saturated carbocycles. The Morgan fingerprint density at radius 2 is 2.24 bits per heavy atom. The first kappa shape index (κ1) is 11.6. The SMILES string of the molecule is CCc1ncc(S(=O)(=O)Nc2nnc(C)o2)[nH]1. The Balaban J connectivity index is 2.24. The quantitative estimate of drug-likeness (QED) is 0.822. The highest BCUT2D eigenvalue weighted by molar-refractivity contribution is 7.92. The van der Waals surface area contributed by atoms with E-state index in [1.54, 1.807) is 6.92 Å². The lowest BCUT2D eigenvalue weighted by Crippen LogP contribution is -2.13. The summed E-state index contributed by atoms with van der Waals surface area (Å²) in [5.41, 5.74) is 0. The summed E-state index contributed by atoms with van der Waals surface area (Å²) in [7, 11) is -3.75. The van der Waals surface area contributed by atoms with Crippen LogP contribution in [0, 0.1) is 6.92 Å². The third-order valence-electron chi connectivity index (χ3n) is 1.98. The van der Waals surface area contributed by atoms with Crippen LogP contribution in [0.25, 0.3) is 0 Å². The molecule has 9 heteroatoms. The number of hydrogen-bond donors (Lipinski definition) is 2. The van der Waals surface area contributed by atoms with Gasteiger partial charge in [0.1, 0.15) is 5.82 Å². The maximum atomic E-state index is 11.8. The maximum Gasteiger partial charge on any atom is 0.329 e. The third kappa shape index (κ3) is 2.44. The maximum absolute atomic E-state index is 11.8. The second-order valence-corrected chi connectivity index (χ2v) is 4.93. The lowest BCUT2D eigenvalue weighted by Gasteiger charge is -1.99. The molecule has 0 unspecified atom stereocenters. The molecule has 0 atom stereocenters. The Hall–Kier alpha value is -1.90. The van der Waals surface area contributed by atoms with Gasteiger partial charge in [-0.2, -0.15) is 8.42 Å². The van der Waals surface area contributed by atoms with E-state index in [0.29, 0.717) is 12.2 Å². The summed E-state index contributed by atoms with van der Waals surface area (Å²) >= 11 is 0. The molecule has 0 aliphatic carbocycles. The van der Waals surface area contributed by atoms with Crippen molar-refractivity contribution in [3.05, 3.63) is 17.9 Å². The minimum atomic E-state index is -3.75. The standard InChI is InChI=1S/C8H11N5O3S/c1-3-6-9-4-7(10-6)17(14,15)13-8-12-11-5(2)16-8/h4H,3H2,1-2H3,(H,9,10)(H,12,13). The number of aromatic nitrogens is 4. The van der Waals surface area contributed by atoms with Crippen LogP contribution in [0.15, 0.2) is 15.6 Å². The number of anilines is 1. The van der Waals surface area contributed by atoms with Crippen molar-refractivity contribution in [3.63, 3.8) is 0 Å². The fraction of sp³-hybridized carbons (Fsp3) is 0.375. The highest BCUT2D eigenvalue weighted by Gasteiger charge is 2.19. The van der Waals surface area contributed by atoms with Crippen LogP contribution in [0.5, 0.6) is 0 Å². The third-order valence-corrected chi connectivity index (χ3v) is 3.21. The van der Waals surface area contributed by atoms with Gasteiger partial charge in [-0.15, -0.1) is 5.10 Å². The number of sulfonamides is 1. The Kier molecular flexibility index (Phi) is 2.84. The summed E-state index contributed by atoms with van der Waals surface area (Å²) in [6.07, 6.45) is 1.86. The van der Waals surface area contributed by atoms with Crippen molar-refractivity contribution < 1.29 is 12.8 Å². The fourth-order valence-electron chi connectivity index (χ4n) is 1.17. The smallest absolute Gasteiger partial charge is 0.329 e. The molecule has 0 bridgehead atoms. The summed E-state index contributed by atoms with van der Waals surface area (Å²) in [4.78, 5) is 6.59. The minimum Gasteiger partial charge on any atom is -0.408 e. The van der Waals surface area contributed by atoms with Crippen LogP contribution in [-0.2, 0) is 16.4 Å². The van der Waals surface area contributed by atoms with E-state index < -0.39 is 10.0 Å². The second-order valence-electron chi connectivity index (χ2n) is 3.28. The van der Waals surface area contributed by atoms with Gasteiger partial charge < -0.3 is 9.40 Å². The van der Waals surface area contributed by atoms with Crippen LogP contribution in [-0.4, -0.2) is 28.6 Å². The van der Waals surface area contributed by atoms with Gasteiger partial charge in [-0.1, -0.05) is 12.0 Å². The molecule has 2 aromatic heterocycles. The van der Waals surface area contributed by atoms with Crippen LogP contribution in [0.3, 0.4) is 0 Å². The molecule has 0 aromatic carbocycles. The molecule has 0 saturated heterocycles. The molecule has 0 amide bonds. The monoisotopic (exact) mass is 257 g/mol. The van der Waals surface area contributed by atoms with E-state index >= 15 is 0 Å². The lowest BCUT2D eigenvalue weighted by molar-refractivity contribution is 0.534. The predicted octanol–water partition coefficient (Wildman–Crippen LogP) is 0.464. The van der Waals surface area contributed by atoms with Crippen LogP contribution < -0.4 is 4.72 Å². The van der Waals surface area contributed by atoms with Gasteiger partial charge in [0.05, 0.1) is 6.20 Å². The van der Waals surface area contributed by atoms with Crippen LogP contribution >= 0.6 is 0 Å². The average Bonchev–Trinajstić information content (AvgIpc) is 2.86. The van der Waals surface area contributed by atoms with Gasteiger partial charge in [-0.25, -0.2) is 9.71 Å². The lowest BCUT2D eigenvalue weighted by atomic mass is 10.5. The zero-order valence-corrected chi connectivity index (χ0v) is 10.1. The Labute approximate surface area is 97.5 Å². The summed E-state index contributed by atoms with van der Waals surface area (Å²) in [5.74, 6) is 0.869. The molecular formula is C8H11N5O3S. The molecule has 0 aliphatic heterocycles. The van der Waals surface area contributed by atoms with Crippen molar-refractivity contribution in [2.24, 2.45) is 0 Å². The van der Waals surface area contributed by atoms with Gasteiger partial charge in [0, 0.05) is 13.3 Å². The Morgan fingerprint density at radius 3 is 2.76 bits per heavy atom. The Morgan fingerprint density at radius 1 is 1.47 bits per heavy atom. The van der Waals surface area contributed by atoms with Crippen LogP contribution in [0.4, 0.5) is 6.01 Å². The zero-order chi connectivity index (χ0) is 12.5. The summed E-state index contributed by atoms with van der Waals surface area (Å²) in [6.45, 7) is 3.43. The van der Waals surface area contributed by atoms with Gasteiger partial charge in [0.2, 0.25) is 5.89 Å². The number of nitrogens with one attached hydrogen (secondary N) is 2. The second kappa shape index (κ2) is 4.17. The molecule has 8 nitrogen and oxygen atoms in total. The topological polar surface area (TPSA) is 114 Å². The summed E-state index contributed by atoms with van der Waals surface area (Å²) < 4.78 is 30.7. The number of rotatable bonds is 4. The van der Waals surface area contributed by atoms with Crippen molar-refractivity contribution in [1.29, 1.82) is 0 Å². The van der Waals surface area contributed by atoms with E-state index in [9.17, 15) is 8.42 Å². The van der Waals surface area contributed by atoms with E-state index in [-0.39, 0.29) is 16.9 Å². The number of H-pyrrole nitrogens is 1. The molecule has 0 aliphatic rings. The van der Waals surface area contributed by atoms with E-state index in [2.05, 4.69) is 24.9 Å². The molecule has 2 aromatic rings. The molecule has 0 radical (unpaired) electrons. The molecule has 2 N–H and O–H groups in total. The largest absolute Gasteiger partial charge is 0.408 e. The van der Waals surface area contributed by atoms with E-state index in [1.165, 1.54) is 6.20 Å². The van der Waals surface area contributed by atoms with Crippen molar-refractivity contribution in [3.8, 4) is 0 Å². The number of nitrogens with zero attached hydrogens (tertiary/aromatic N) is 3.